The maximum absolute atomic E-state index is 14.1. The van der Waals surface area contributed by atoms with E-state index in [9.17, 15) is 4.39 Å². The molecule has 1 atom stereocenters. The summed E-state index contributed by atoms with van der Waals surface area (Å²) in [5, 5.41) is 3.29. The molecule has 2 rings (SSSR count). The quantitative estimate of drug-likeness (QED) is 0.827. The Hall–Kier alpha value is -1.39. The van der Waals surface area contributed by atoms with Gasteiger partial charge in [-0.05, 0) is 6.07 Å². The Labute approximate surface area is 107 Å². The fourth-order valence-electron chi connectivity index (χ4n) is 2.31. The lowest BCUT2D eigenvalue weighted by Gasteiger charge is -2.33. The molecule has 0 radical (unpaired) electrons. The van der Waals surface area contributed by atoms with E-state index < -0.39 is 0 Å². The first-order chi connectivity index (χ1) is 8.76. The third-order valence-electron chi connectivity index (χ3n) is 3.29. The Balaban J connectivity index is 2.23. The molecule has 0 unspecified atom stereocenters. The van der Waals surface area contributed by atoms with E-state index in [-0.39, 0.29) is 11.9 Å². The minimum atomic E-state index is -0.238. The molecule has 0 spiro atoms. The predicted molar refractivity (Wildman–Crippen MR) is 70.3 cm³/mol. The minimum absolute atomic E-state index is 0.0713. The Morgan fingerprint density at radius 2 is 2.17 bits per heavy atom. The van der Waals surface area contributed by atoms with Gasteiger partial charge in [-0.1, -0.05) is 12.1 Å². The monoisotopic (exact) mass is 250 g/mol. The summed E-state index contributed by atoms with van der Waals surface area (Å²) < 4.78 is 19.1. The number of hydrogen-bond acceptors (Lipinski definition) is 3. The van der Waals surface area contributed by atoms with Crippen molar-refractivity contribution in [3.63, 3.8) is 0 Å². The molecule has 1 N–H and O–H groups in total. The van der Waals surface area contributed by atoms with Crippen molar-refractivity contribution in [2.75, 3.05) is 33.3 Å². The highest BCUT2D eigenvalue weighted by molar-refractivity contribution is 5.32. The lowest BCUT2D eigenvalue weighted by Crippen LogP contribution is -2.44. The molecule has 1 fully saturated rings. The van der Waals surface area contributed by atoms with Crippen LogP contribution in [0, 0.1) is 5.82 Å². The maximum Gasteiger partial charge on any atom is 0.131 e. The van der Waals surface area contributed by atoms with Crippen LogP contribution in [0.5, 0.6) is 5.75 Å². The fourth-order valence-corrected chi connectivity index (χ4v) is 2.31. The Kier molecular flexibility index (Phi) is 4.33. The molecule has 1 saturated heterocycles. The molecule has 3 nitrogen and oxygen atoms in total. The number of methoxy groups -OCH3 is 1. The third-order valence-corrected chi connectivity index (χ3v) is 3.29. The summed E-state index contributed by atoms with van der Waals surface area (Å²) in [6, 6.07) is 4.92. The van der Waals surface area contributed by atoms with Gasteiger partial charge >= 0.3 is 0 Å². The zero-order chi connectivity index (χ0) is 13.0. The number of hydrogen-bond donors (Lipinski definition) is 1. The smallest absolute Gasteiger partial charge is 0.131 e. The van der Waals surface area contributed by atoms with Gasteiger partial charge in [0, 0.05) is 37.8 Å². The molecule has 0 aliphatic carbocycles. The predicted octanol–water partition coefficient (Wildman–Crippen LogP) is 1.97. The van der Waals surface area contributed by atoms with Gasteiger partial charge in [-0.25, -0.2) is 4.39 Å². The van der Waals surface area contributed by atoms with Gasteiger partial charge < -0.3 is 10.1 Å². The molecule has 0 amide bonds. The van der Waals surface area contributed by atoms with Gasteiger partial charge in [0.25, 0.3) is 0 Å². The molecule has 4 heteroatoms. The van der Waals surface area contributed by atoms with E-state index in [1.807, 2.05) is 0 Å². The van der Waals surface area contributed by atoms with Crippen molar-refractivity contribution in [1.29, 1.82) is 0 Å². The summed E-state index contributed by atoms with van der Waals surface area (Å²) in [6.07, 6.45) is 1.80. The minimum Gasteiger partial charge on any atom is -0.497 e. The molecule has 1 aliphatic heterocycles. The van der Waals surface area contributed by atoms with Crippen molar-refractivity contribution in [2.45, 2.75) is 6.04 Å². The standard InChI is InChI=1S/C14H19FN2O/c1-3-14(17-8-6-16-7-9-17)12-5-4-11(18-2)10-13(12)15/h3-5,10,14,16H,1,6-9H2,2H3/t14-/m0/s1. The average Bonchev–Trinajstić information content (AvgIpc) is 2.42. The van der Waals surface area contributed by atoms with E-state index in [0.717, 1.165) is 26.2 Å². The number of nitrogens with one attached hydrogen (secondary N) is 1. The van der Waals surface area contributed by atoms with Crippen molar-refractivity contribution in [3.8, 4) is 5.75 Å². The highest BCUT2D eigenvalue weighted by Crippen LogP contribution is 2.27. The number of benzene rings is 1. The molecule has 1 aliphatic rings. The second-order valence-corrected chi connectivity index (χ2v) is 4.35. The molecule has 1 heterocycles. The first-order valence-corrected chi connectivity index (χ1v) is 6.17. The Bertz CT molecular complexity index is 416. The number of halogens is 1. The van der Waals surface area contributed by atoms with Gasteiger partial charge in [-0.3, -0.25) is 4.90 Å². The lowest BCUT2D eigenvalue weighted by atomic mass is 10.0. The fraction of sp³-hybridized carbons (Fsp3) is 0.429. The van der Waals surface area contributed by atoms with Crippen LogP contribution in [0.1, 0.15) is 11.6 Å². The highest BCUT2D eigenvalue weighted by Gasteiger charge is 2.22. The van der Waals surface area contributed by atoms with Crippen LogP contribution in [0.4, 0.5) is 4.39 Å². The van der Waals surface area contributed by atoms with E-state index in [4.69, 9.17) is 4.74 Å². The second-order valence-electron chi connectivity index (χ2n) is 4.35. The SMILES string of the molecule is C=C[C@@H](c1ccc(OC)cc1F)N1CCNCC1. The molecule has 0 bridgehead atoms. The first-order valence-electron chi connectivity index (χ1n) is 6.17. The van der Waals surface area contributed by atoms with Gasteiger partial charge in [0.15, 0.2) is 0 Å². The van der Waals surface area contributed by atoms with Crippen molar-refractivity contribution >= 4 is 0 Å². The van der Waals surface area contributed by atoms with Crippen LogP contribution in [0.15, 0.2) is 30.9 Å². The molecule has 18 heavy (non-hydrogen) atoms. The topological polar surface area (TPSA) is 24.5 Å². The molecule has 0 saturated carbocycles. The summed E-state index contributed by atoms with van der Waals surface area (Å²) in [4.78, 5) is 2.23. The zero-order valence-corrected chi connectivity index (χ0v) is 10.7. The van der Waals surface area contributed by atoms with Gasteiger partial charge in [0.1, 0.15) is 11.6 Å². The summed E-state index contributed by atoms with van der Waals surface area (Å²) in [6.45, 7) is 7.51. The Morgan fingerprint density at radius 3 is 2.72 bits per heavy atom. The van der Waals surface area contributed by atoms with Gasteiger partial charge in [-0.2, -0.15) is 0 Å². The highest BCUT2D eigenvalue weighted by atomic mass is 19.1. The molecule has 0 aromatic heterocycles. The second kappa shape index (κ2) is 5.98. The van der Waals surface area contributed by atoms with E-state index in [1.54, 1.807) is 18.2 Å². The molecular weight excluding hydrogens is 231 g/mol. The van der Waals surface area contributed by atoms with E-state index >= 15 is 0 Å². The number of ether oxygens (including phenoxy) is 1. The molecule has 1 aromatic rings. The van der Waals surface area contributed by atoms with Gasteiger partial charge in [-0.15, -0.1) is 6.58 Å². The normalized spacial score (nSPS) is 18.3. The van der Waals surface area contributed by atoms with Crippen molar-refractivity contribution < 1.29 is 9.13 Å². The van der Waals surface area contributed by atoms with Crippen LogP contribution < -0.4 is 10.1 Å². The van der Waals surface area contributed by atoms with Crippen molar-refractivity contribution in [1.82, 2.24) is 10.2 Å². The molecule has 1 aromatic carbocycles. The van der Waals surface area contributed by atoms with Crippen LogP contribution >= 0.6 is 0 Å². The lowest BCUT2D eigenvalue weighted by molar-refractivity contribution is 0.200. The van der Waals surface area contributed by atoms with Gasteiger partial charge in [0.2, 0.25) is 0 Å². The number of rotatable bonds is 4. The van der Waals surface area contributed by atoms with Crippen LogP contribution in [0.3, 0.4) is 0 Å². The maximum atomic E-state index is 14.1. The molecular formula is C14H19FN2O. The Morgan fingerprint density at radius 1 is 1.44 bits per heavy atom. The number of nitrogens with zero attached hydrogens (tertiary/aromatic N) is 1. The van der Waals surface area contributed by atoms with Crippen LogP contribution in [-0.4, -0.2) is 38.2 Å². The molecule has 98 valence electrons. The van der Waals surface area contributed by atoms with Crippen LogP contribution in [-0.2, 0) is 0 Å². The summed E-state index contributed by atoms with van der Waals surface area (Å²) >= 11 is 0. The van der Waals surface area contributed by atoms with E-state index in [0.29, 0.717) is 11.3 Å². The van der Waals surface area contributed by atoms with Crippen molar-refractivity contribution in [2.24, 2.45) is 0 Å². The summed E-state index contributed by atoms with van der Waals surface area (Å²) in [5.41, 5.74) is 0.660. The largest absolute Gasteiger partial charge is 0.497 e. The van der Waals surface area contributed by atoms with E-state index in [1.165, 1.54) is 13.2 Å². The average molecular weight is 250 g/mol. The van der Waals surface area contributed by atoms with E-state index in [2.05, 4.69) is 16.8 Å². The van der Waals surface area contributed by atoms with Gasteiger partial charge in [0.05, 0.1) is 13.2 Å². The third kappa shape index (κ3) is 2.71. The zero-order valence-electron chi connectivity index (χ0n) is 10.7. The first kappa shape index (κ1) is 13.1. The van der Waals surface area contributed by atoms with Crippen molar-refractivity contribution in [3.05, 3.63) is 42.2 Å². The van der Waals surface area contributed by atoms with Crippen LogP contribution in [0.2, 0.25) is 0 Å². The summed E-state index contributed by atoms with van der Waals surface area (Å²) in [5.74, 6) is 0.303. The number of piperazine rings is 1. The van der Waals surface area contributed by atoms with Crippen LogP contribution in [0.25, 0.3) is 0 Å². The summed E-state index contributed by atoms with van der Waals surface area (Å²) in [7, 11) is 1.54.